The maximum Gasteiger partial charge on any atom is 0.169 e. The quantitative estimate of drug-likeness (QED) is 0.583. The Morgan fingerprint density at radius 1 is 1.32 bits per heavy atom. The normalized spacial score (nSPS) is 11.0. The molecular weight excluding hydrogens is 292 g/mol. The van der Waals surface area contributed by atoms with Crippen molar-refractivity contribution < 1.29 is 5.41 Å². The molecule has 0 aliphatic heterocycles. The first-order chi connectivity index (χ1) is 10.4. The van der Waals surface area contributed by atoms with E-state index in [4.69, 9.17) is 16.6 Å². The van der Waals surface area contributed by atoms with Crippen LogP contribution in [0.4, 0.5) is 5.69 Å². The number of anilines is 1. The Bertz CT molecular complexity index is 756. The minimum absolute atomic E-state index is 0.373. The number of hydrogen-bond donors (Lipinski definition) is 3. The van der Waals surface area contributed by atoms with Gasteiger partial charge in [-0.3, -0.25) is 10.8 Å². The summed E-state index contributed by atoms with van der Waals surface area (Å²) < 4.78 is 0. The van der Waals surface area contributed by atoms with E-state index in [9.17, 15) is 0 Å². The lowest BCUT2D eigenvalue weighted by molar-refractivity contribution is -0.112. The van der Waals surface area contributed by atoms with E-state index in [1.807, 2.05) is 18.4 Å². The lowest BCUT2D eigenvalue weighted by atomic mass is 10.0. The average molecular weight is 313 g/mol. The van der Waals surface area contributed by atoms with E-state index in [-0.39, 0.29) is 0 Å². The summed E-state index contributed by atoms with van der Waals surface area (Å²) in [6.45, 7) is 5.87. The molecule has 114 valence electrons. The predicted octanol–water partition coefficient (Wildman–Crippen LogP) is 2.08. The second-order valence-electron chi connectivity index (χ2n) is 5.43. The Kier molecular flexibility index (Phi) is 4.88. The van der Waals surface area contributed by atoms with E-state index in [0.717, 1.165) is 22.7 Å². The third-order valence-electron chi connectivity index (χ3n) is 3.41. The van der Waals surface area contributed by atoms with Gasteiger partial charge in [0.25, 0.3) is 0 Å². The minimum atomic E-state index is 0.373. The SMILES string of the molecule is CC(=[NH2+])/C=C\C(=N)c1csc(Cc2cc(C)c(N)cc2C)n1. The number of nitrogens with zero attached hydrogens (tertiary/aromatic N) is 1. The van der Waals surface area contributed by atoms with Crippen LogP contribution in [0.25, 0.3) is 0 Å². The van der Waals surface area contributed by atoms with Crippen molar-refractivity contribution in [3.63, 3.8) is 0 Å². The summed E-state index contributed by atoms with van der Waals surface area (Å²) in [4.78, 5) is 4.54. The van der Waals surface area contributed by atoms with Crippen LogP contribution >= 0.6 is 11.3 Å². The van der Waals surface area contributed by atoms with Crippen molar-refractivity contribution in [1.29, 1.82) is 5.41 Å². The van der Waals surface area contributed by atoms with Gasteiger partial charge in [0, 0.05) is 30.5 Å². The second-order valence-corrected chi connectivity index (χ2v) is 6.37. The molecule has 0 radical (unpaired) electrons. The first-order valence-electron chi connectivity index (χ1n) is 7.03. The van der Waals surface area contributed by atoms with Crippen LogP contribution < -0.4 is 11.1 Å². The van der Waals surface area contributed by atoms with Gasteiger partial charge in [0.15, 0.2) is 5.71 Å². The molecule has 0 bridgehead atoms. The molecule has 22 heavy (non-hydrogen) atoms. The molecule has 1 aromatic heterocycles. The van der Waals surface area contributed by atoms with E-state index in [0.29, 0.717) is 17.1 Å². The summed E-state index contributed by atoms with van der Waals surface area (Å²) in [5.74, 6) is 0. The van der Waals surface area contributed by atoms with Crippen molar-refractivity contribution in [2.45, 2.75) is 27.2 Å². The number of nitrogen functional groups attached to an aromatic ring is 1. The number of nitrogens with two attached hydrogens (primary N) is 2. The van der Waals surface area contributed by atoms with Crippen molar-refractivity contribution >= 4 is 28.4 Å². The highest BCUT2D eigenvalue weighted by atomic mass is 32.1. The number of allylic oxidation sites excluding steroid dienone is 2. The lowest BCUT2D eigenvalue weighted by Crippen LogP contribution is -2.36. The molecule has 0 spiro atoms. The molecule has 5 N–H and O–H groups in total. The van der Waals surface area contributed by atoms with Crippen molar-refractivity contribution in [3.05, 3.63) is 57.1 Å². The van der Waals surface area contributed by atoms with Gasteiger partial charge in [0.2, 0.25) is 0 Å². The first-order valence-corrected chi connectivity index (χ1v) is 7.91. The van der Waals surface area contributed by atoms with Gasteiger partial charge in [0.1, 0.15) is 0 Å². The van der Waals surface area contributed by atoms with Gasteiger partial charge in [-0.25, -0.2) is 4.98 Å². The molecule has 0 fully saturated rings. The fourth-order valence-corrected chi connectivity index (χ4v) is 2.88. The van der Waals surface area contributed by atoms with Crippen LogP contribution in [0, 0.1) is 19.3 Å². The molecule has 1 heterocycles. The minimum Gasteiger partial charge on any atom is -0.399 e. The first kappa shape index (κ1) is 16.1. The Labute approximate surface area is 134 Å². The number of thiazole rings is 1. The smallest absolute Gasteiger partial charge is 0.169 e. The van der Waals surface area contributed by atoms with E-state index >= 15 is 0 Å². The zero-order chi connectivity index (χ0) is 16.3. The molecule has 2 rings (SSSR count). The van der Waals surface area contributed by atoms with Gasteiger partial charge in [-0.2, -0.15) is 0 Å². The average Bonchev–Trinajstić information content (AvgIpc) is 2.90. The molecule has 0 amide bonds. The fourth-order valence-electron chi connectivity index (χ4n) is 2.07. The molecule has 0 saturated carbocycles. The molecule has 0 aliphatic rings. The highest BCUT2D eigenvalue weighted by molar-refractivity contribution is 7.09. The second kappa shape index (κ2) is 6.66. The zero-order valence-corrected chi connectivity index (χ0v) is 13.9. The van der Waals surface area contributed by atoms with Crippen LogP contribution in [0.2, 0.25) is 0 Å². The topological polar surface area (TPSA) is 88.3 Å². The van der Waals surface area contributed by atoms with Crippen LogP contribution in [-0.2, 0) is 6.42 Å². The summed E-state index contributed by atoms with van der Waals surface area (Å²) >= 11 is 1.57. The van der Waals surface area contributed by atoms with Crippen LogP contribution in [0.1, 0.15) is 34.3 Å². The maximum absolute atomic E-state index is 7.99. The van der Waals surface area contributed by atoms with Crippen molar-refractivity contribution in [2.24, 2.45) is 0 Å². The number of aromatic nitrogens is 1. The molecular formula is C17H21N4S+. The van der Waals surface area contributed by atoms with Gasteiger partial charge in [-0.15, -0.1) is 11.3 Å². The van der Waals surface area contributed by atoms with Crippen LogP contribution in [0.5, 0.6) is 0 Å². The summed E-state index contributed by atoms with van der Waals surface area (Å²) in [6, 6.07) is 4.12. The number of hydrogen-bond acceptors (Lipinski definition) is 4. The Balaban J connectivity index is 2.17. The Morgan fingerprint density at radius 3 is 2.73 bits per heavy atom. The number of aryl methyl sites for hydroxylation is 2. The molecule has 0 aliphatic carbocycles. The van der Waals surface area contributed by atoms with Gasteiger partial charge in [-0.05, 0) is 42.7 Å². The van der Waals surface area contributed by atoms with Crippen molar-refractivity contribution in [2.75, 3.05) is 5.73 Å². The lowest BCUT2D eigenvalue weighted by Gasteiger charge is -2.08. The van der Waals surface area contributed by atoms with Crippen molar-refractivity contribution in [3.8, 4) is 0 Å². The zero-order valence-electron chi connectivity index (χ0n) is 13.1. The van der Waals surface area contributed by atoms with E-state index in [1.165, 1.54) is 11.1 Å². The maximum atomic E-state index is 7.99. The number of rotatable bonds is 5. The third-order valence-corrected chi connectivity index (χ3v) is 4.26. The molecule has 0 unspecified atom stereocenters. The van der Waals surface area contributed by atoms with Crippen LogP contribution in [0.3, 0.4) is 0 Å². The molecule has 0 saturated heterocycles. The largest absolute Gasteiger partial charge is 0.399 e. The number of nitrogens with one attached hydrogen (secondary N) is 1. The van der Waals surface area contributed by atoms with Gasteiger partial charge < -0.3 is 5.73 Å². The molecule has 4 nitrogen and oxygen atoms in total. The third kappa shape index (κ3) is 3.89. The monoisotopic (exact) mass is 313 g/mol. The summed E-state index contributed by atoms with van der Waals surface area (Å²) in [5, 5.41) is 16.5. The molecule has 1 aromatic carbocycles. The van der Waals surface area contributed by atoms with Crippen LogP contribution in [-0.4, -0.2) is 16.4 Å². The fraction of sp³-hybridized carbons (Fsp3) is 0.235. The highest BCUT2D eigenvalue weighted by Gasteiger charge is 2.09. The summed E-state index contributed by atoms with van der Waals surface area (Å²) in [6.07, 6.45) is 4.15. The van der Waals surface area contributed by atoms with Crippen LogP contribution in [0.15, 0.2) is 29.7 Å². The standard InChI is InChI=1S/C17H20N4S/c1-10-7-15(20)11(2)6-13(10)8-17-21-16(9-22-17)14(19)5-4-12(3)18/h4-7,9,18-19H,8,20H2,1-3H3/p+1/b5-4-,18-12?,19-14?. The highest BCUT2D eigenvalue weighted by Crippen LogP contribution is 2.22. The molecule has 2 aromatic rings. The predicted molar refractivity (Wildman–Crippen MR) is 93.8 cm³/mol. The summed E-state index contributed by atoms with van der Waals surface area (Å²) in [7, 11) is 0. The van der Waals surface area contributed by atoms with E-state index in [2.05, 4.69) is 18.0 Å². The molecule has 0 atom stereocenters. The van der Waals surface area contributed by atoms with E-state index < -0.39 is 0 Å². The molecule has 5 heteroatoms. The van der Waals surface area contributed by atoms with E-state index in [1.54, 1.807) is 30.4 Å². The Hall–Kier alpha value is -2.27. The number of benzene rings is 1. The van der Waals surface area contributed by atoms with Gasteiger partial charge in [-0.1, -0.05) is 6.07 Å². The Morgan fingerprint density at radius 2 is 2.05 bits per heavy atom. The van der Waals surface area contributed by atoms with Crippen molar-refractivity contribution in [1.82, 2.24) is 4.98 Å². The van der Waals surface area contributed by atoms with Gasteiger partial charge >= 0.3 is 0 Å². The van der Waals surface area contributed by atoms with Gasteiger partial charge in [0.05, 0.1) is 16.4 Å². The summed E-state index contributed by atoms with van der Waals surface area (Å²) in [5.41, 5.74) is 12.0.